The molecule has 0 saturated carbocycles. The Labute approximate surface area is 134 Å². The SMILES string of the molecule is CC.CC(C)CN1CCCC1.CC(C)CN1CCNCC1. The van der Waals surface area contributed by atoms with Crippen LogP contribution < -0.4 is 5.32 Å². The van der Waals surface area contributed by atoms with E-state index in [1.54, 1.807) is 0 Å². The highest BCUT2D eigenvalue weighted by Gasteiger charge is 2.11. The van der Waals surface area contributed by atoms with Crippen molar-refractivity contribution in [1.82, 2.24) is 15.1 Å². The quantitative estimate of drug-likeness (QED) is 0.859. The molecule has 0 amide bonds. The summed E-state index contributed by atoms with van der Waals surface area (Å²) in [4.78, 5) is 5.09. The molecular formula is C18H41N3. The molecule has 128 valence electrons. The van der Waals surface area contributed by atoms with Crippen LogP contribution in [0.15, 0.2) is 0 Å². The molecule has 2 saturated heterocycles. The monoisotopic (exact) mass is 299 g/mol. The molecule has 2 fully saturated rings. The Bertz CT molecular complexity index is 205. The average Bonchev–Trinajstić information content (AvgIpc) is 2.94. The predicted molar refractivity (Wildman–Crippen MR) is 96.0 cm³/mol. The molecule has 0 aromatic rings. The predicted octanol–water partition coefficient (Wildman–Crippen LogP) is 3.31. The van der Waals surface area contributed by atoms with Gasteiger partial charge in [-0.2, -0.15) is 0 Å². The summed E-state index contributed by atoms with van der Waals surface area (Å²) >= 11 is 0. The Morgan fingerprint density at radius 2 is 1.10 bits per heavy atom. The largest absolute Gasteiger partial charge is 0.314 e. The van der Waals surface area contributed by atoms with Crippen LogP contribution in [-0.2, 0) is 0 Å². The van der Waals surface area contributed by atoms with Gasteiger partial charge in [-0.25, -0.2) is 0 Å². The Morgan fingerprint density at radius 3 is 1.48 bits per heavy atom. The third-order valence-electron chi connectivity index (χ3n) is 3.65. The van der Waals surface area contributed by atoms with Crippen LogP contribution in [0.4, 0.5) is 0 Å². The number of hydrogen-bond donors (Lipinski definition) is 1. The molecular weight excluding hydrogens is 258 g/mol. The van der Waals surface area contributed by atoms with Gasteiger partial charge in [0.25, 0.3) is 0 Å². The summed E-state index contributed by atoms with van der Waals surface area (Å²) < 4.78 is 0. The van der Waals surface area contributed by atoms with E-state index >= 15 is 0 Å². The second-order valence-corrected chi connectivity index (χ2v) is 6.85. The molecule has 3 heteroatoms. The molecule has 0 spiro atoms. The third kappa shape index (κ3) is 12.1. The van der Waals surface area contributed by atoms with Crippen molar-refractivity contribution in [2.24, 2.45) is 11.8 Å². The van der Waals surface area contributed by atoms with Crippen molar-refractivity contribution >= 4 is 0 Å². The first-order valence-corrected chi connectivity index (χ1v) is 9.23. The number of nitrogens with one attached hydrogen (secondary N) is 1. The number of likely N-dealkylation sites (tertiary alicyclic amines) is 1. The molecule has 3 nitrogen and oxygen atoms in total. The fourth-order valence-corrected chi connectivity index (χ4v) is 2.89. The minimum atomic E-state index is 0.818. The van der Waals surface area contributed by atoms with Gasteiger partial charge in [0.2, 0.25) is 0 Å². The summed E-state index contributed by atoms with van der Waals surface area (Å²) in [7, 11) is 0. The maximum absolute atomic E-state index is 3.35. The minimum Gasteiger partial charge on any atom is -0.314 e. The Kier molecular flexibility index (Phi) is 13.5. The zero-order valence-electron chi connectivity index (χ0n) is 15.6. The highest BCUT2D eigenvalue weighted by Crippen LogP contribution is 2.09. The van der Waals surface area contributed by atoms with Crippen LogP contribution in [0.5, 0.6) is 0 Å². The molecule has 2 rings (SSSR count). The van der Waals surface area contributed by atoms with Crippen molar-refractivity contribution in [3.63, 3.8) is 0 Å². The van der Waals surface area contributed by atoms with E-state index in [9.17, 15) is 0 Å². The smallest absolute Gasteiger partial charge is 0.0107 e. The molecule has 1 N–H and O–H groups in total. The fraction of sp³-hybridized carbons (Fsp3) is 1.00. The topological polar surface area (TPSA) is 18.5 Å². The van der Waals surface area contributed by atoms with Gasteiger partial charge in [-0.15, -0.1) is 0 Å². The van der Waals surface area contributed by atoms with Gasteiger partial charge in [0, 0.05) is 39.3 Å². The minimum absolute atomic E-state index is 0.818. The second-order valence-electron chi connectivity index (χ2n) is 6.85. The Balaban J connectivity index is 0.000000342. The van der Waals surface area contributed by atoms with Crippen molar-refractivity contribution in [1.29, 1.82) is 0 Å². The lowest BCUT2D eigenvalue weighted by Gasteiger charge is -2.28. The number of nitrogens with zero attached hydrogens (tertiary/aromatic N) is 2. The van der Waals surface area contributed by atoms with Crippen LogP contribution in [0.1, 0.15) is 54.4 Å². The molecule has 0 aromatic carbocycles. The van der Waals surface area contributed by atoms with Crippen LogP contribution >= 0.6 is 0 Å². The maximum Gasteiger partial charge on any atom is 0.0107 e. The fourth-order valence-electron chi connectivity index (χ4n) is 2.89. The summed E-state index contributed by atoms with van der Waals surface area (Å²) in [6.45, 7) is 23.2. The zero-order chi connectivity index (χ0) is 16.1. The van der Waals surface area contributed by atoms with E-state index in [0.29, 0.717) is 0 Å². The lowest BCUT2D eigenvalue weighted by Crippen LogP contribution is -2.44. The van der Waals surface area contributed by atoms with Crippen LogP contribution in [0.2, 0.25) is 0 Å². The molecule has 21 heavy (non-hydrogen) atoms. The first-order chi connectivity index (χ1) is 10.1. The van der Waals surface area contributed by atoms with Gasteiger partial charge in [0.15, 0.2) is 0 Å². The van der Waals surface area contributed by atoms with Gasteiger partial charge in [-0.1, -0.05) is 41.5 Å². The molecule has 0 radical (unpaired) electrons. The summed E-state index contributed by atoms with van der Waals surface area (Å²) in [5, 5.41) is 3.35. The van der Waals surface area contributed by atoms with Crippen molar-refractivity contribution in [3.8, 4) is 0 Å². The van der Waals surface area contributed by atoms with Gasteiger partial charge < -0.3 is 15.1 Å². The van der Waals surface area contributed by atoms with Gasteiger partial charge in [0.1, 0.15) is 0 Å². The van der Waals surface area contributed by atoms with Gasteiger partial charge in [-0.3, -0.25) is 0 Å². The Morgan fingerprint density at radius 1 is 0.714 bits per heavy atom. The molecule has 0 bridgehead atoms. The lowest BCUT2D eigenvalue weighted by atomic mass is 10.2. The molecule has 2 heterocycles. The molecule has 2 aliphatic rings. The number of piperazine rings is 1. The molecule has 0 aliphatic carbocycles. The van der Waals surface area contributed by atoms with E-state index in [0.717, 1.165) is 11.8 Å². The van der Waals surface area contributed by atoms with Crippen LogP contribution in [0, 0.1) is 11.8 Å². The highest BCUT2D eigenvalue weighted by atomic mass is 15.2. The van der Waals surface area contributed by atoms with E-state index in [2.05, 4.69) is 42.8 Å². The number of rotatable bonds is 4. The van der Waals surface area contributed by atoms with E-state index in [1.807, 2.05) is 13.8 Å². The molecule has 2 aliphatic heterocycles. The second kappa shape index (κ2) is 13.5. The highest BCUT2D eigenvalue weighted by molar-refractivity contribution is 4.68. The number of hydrogen-bond acceptors (Lipinski definition) is 3. The van der Waals surface area contributed by atoms with Gasteiger partial charge in [-0.05, 0) is 37.8 Å². The van der Waals surface area contributed by atoms with Gasteiger partial charge in [0.05, 0.1) is 0 Å². The van der Waals surface area contributed by atoms with Crippen LogP contribution in [0.25, 0.3) is 0 Å². The normalized spacial score (nSPS) is 20.0. The van der Waals surface area contributed by atoms with Crippen LogP contribution in [0.3, 0.4) is 0 Å². The summed E-state index contributed by atoms with van der Waals surface area (Å²) in [6.07, 6.45) is 2.85. The van der Waals surface area contributed by atoms with E-state index in [-0.39, 0.29) is 0 Å². The first-order valence-electron chi connectivity index (χ1n) is 9.23. The zero-order valence-corrected chi connectivity index (χ0v) is 15.6. The van der Waals surface area contributed by atoms with Gasteiger partial charge >= 0.3 is 0 Å². The first kappa shape index (κ1) is 20.9. The average molecular weight is 300 g/mol. The van der Waals surface area contributed by atoms with E-state index < -0.39 is 0 Å². The summed E-state index contributed by atoms with van der Waals surface area (Å²) in [6, 6.07) is 0. The Hall–Kier alpha value is -0.120. The lowest BCUT2D eigenvalue weighted by molar-refractivity contribution is 0.217. The van der Waals surface area contributed by atoms with E-state index in [1.165, 1.54) is 65.2 Å². The van der Waals surface area contributed by atoms with Crippen LogP contribution in [-0.4, -0.2) is 62.2 Å². The molecule has 0 aromatic heterocycles. The van der Waals surface area contributed by atoms with Crippen molar-refractivity contribution < 1.29 is 0 Å². The van der Waals surface area contributed by atoms with E-state index in [4.69, 9.17) is 0 Å². The summed E-state index contributed by atoms with van der Waals surface area (Å²) in [5.74, 6) is 1.67. The van der Waals surface area contributed by atoms with Crippen molar-refractivity contribution in [3.05, 3.63) is 0 Å². The standard InChI is InChI=1S/C8H18N2.C8H17N.C2H6/c1-8(2)7-10-5-3-9-4-6-10;1-8(2)7-9-5-3-4-6-9;1-2/h8-9H,3-7H2,1-2H3;8H,3-7H2,1-2H3;1-2H3. The third-order valence-corrected chi connectivity index (χ3v) is 3.65. The van der Waals surface area contributed by atoms with Crippen molar-refractivity contribution in [2.75, 3.05) is 52.4 Å². The maximum atomic E-state index is 3.35. The summed E-state index contributed by atoms with van der Waals surface area (Å²) in [5.41, 5.74) is 0. The van der Waals surface area contributed by atoms with Crippen molar-refractivity contribution in [2.45, 2.75) is 54.4 Å². The molecule has 0 atom stereocenters. The molecule has 0 unspecified atom stereocenters.